The molecule has 0 aliphatic rings. The second-order valence-electron chi connectivity index (χ2n) is 3.78. The van der Waals surface area contributed by atoms with Crippen LogP contribution >= 0.6 is 0 Å². The van der Waals surface area contributed by atoms with Crippen LogP contribution in [0.2, 0.25) is 0 Å². The van der Waals surface area contributed by atoms with Crippen molar-refractivity contribution in [2.75, 3.05) is 13.7 Å². The first-order valence-corrected chi connectivity index (χ1v) is 5.54. The first-order valence-electron chi connectivity index (χ1n) is 5.54. The monoisotopic (exact) mass is 249 g/mol. The van der Waals surface area contributed by atoms with Crippen LogP contribution in [0.4, 0.5) is 0 Å². The molecule has 2 rings (SSSR count). The van der Waals surface area contributed by atoms with Gasteiger partial charge in [-0.25, -0.2) is 4.98 Å². The minimum atomic E-state index is -0.966. The summed E-state index contributed by atoms with van der Waals surface area (Å²) in [5.74, 6) is 0. The predicted octanol–water partition coefficient (Wildman–Crippen LogP) is 0.575. The molecule has 6 nitrogen and oxygen atoms in total. The van der Waals surface area contributed by atoms with Gasteiger partial charge in [-0.15, -0.1) is 0 Å². The normalized spacial score (nSPS) is 12.6. The number of imidazole rings is 1. The van der Waals surface area contributed by atoms with Crippen LogP contribution in [0.5, 0.6) is 0 Å². The lowest BCUT2D eigenvalue weighted by atomic mass is 10.2. The molecular weight excluding hydrogens is 234 g/mol. The van der Waals surface area contributed by atoms with Crippen LogP contribution < -0.4 is 0 Å². The Bertz CT molecular complexity index is 513. The Hall–Kier alpha value is -1.76. The lowest BCUT2D eigenvalue weighted by molar-refractivity contribution is -0.0769. The van der Waals surface area contributed by atoms with Gasteiger partial charge in [-0.2, -0.15) is 0 Å². The average molecular weight is 249 g/mol. The topological polar surface area (TPSA) is 80.4 Å². The third-order valence-corrected chi connectivity index (χ3v) is 2.55. The smallest absolute Gasteiger partial charge is 0.180 e. The van der Waals surface area contributed by atoms with Crippen molar-refractivity contribution in [1.29, 1.82) is 0 Å². The number of methoxy groups -OCH3 is 1. The Morgan fingerprint density at radius 3 is 2.94 bits per heavy atom. The van der Waals surface area contributed by atoms with Crippen molar-refractivity contribution in [3.05, 3.63) is 36.4 Å². The van der Waals surface area contributed by atoms with Gasteiger partial charge in [0, 0.05) is 31.6 Å². The van der Waals surface area contributed by atoms with E-state index in [0.717, 1.165) is 0 Å². The highest BCUT2D eigenvalue weighted by Gasteiger charge is 2.09. The van der Waals surface area contributed by atoms with E-state index in [1.54, 1.807) is 35.4 Å². The summed E-state index contributed by atoms with van der Waals surface area (Å²) in [6.07, 6.45) is 4.05. The highest BCUT2D eigenvalue weighted by molar-refractivity contribution is 5.53. The van der Waals surface area contributed by atoms with E-state index in [4.69, 9.17) is 9.84 Å². The van der Waals surface area contributed by atoms with E-state index in [0.29, 0.717) is 23.5 Å². The minimum absolute atomic E-state index is 0.0612. The minimum Gasteiger partial charge on any atom is -0.395 e. The van der Waals surface area contributed by atoms with Crippen LogP contribution in [0, 0.1) is 0 Å². The maximum atomic E-state index is 9.58. The van der Waals surface area contributed by atoms with Crippen molar-refractivity contribution < 1.29 is 14.9 Å². The predicted molar refractivity (Wildman–Crippen MR) is 64.5 cm³/mol. The summed E-state index contributed by atoms with van der Waals surface area (Å²) < 4.78 is 6.61. The third kappa shape index (κ3) is 2.73. The van der Waals surface area contributed by atoms with E-state index in [-0.39, 0.29) is 6.61 Å². The number of aliphatic hydroxyl groups is 2. The standard InChI is InChI=1S/C12H15N3O3/c1-18-12(17)9-2-3-13-10(6-9)11-7-15(4-5-16)8-14-11/h2-3,6-8,12,16-17H,4-5H2,1H3. The van der Waals surface area contributed by atoms with Crippen LogP contribution in [0.25, 0.3) is 11.4 Å². The highest BCUT2D eigenvalue weighted by atomic mass is 16.6. The molecule has 0 spiro atoms. The molecule has 0 amide bonds. The van der Waals surface area contributed by atoms with Gasteiger partial charge in [0.1, 0.15) is 5.69 Å². The highest BCUT2D eigenvalue weighted by Crippen LogP contribution is 2.19. The van der Waals surface area contributed by atoms with Crippen molar-refractivity contribution in [3.8, 4) is 11.4 Å². The Balaban J connectivity index is 2.26. The number of aromatic nitrogens is 3. The fourth-order valence-electron chi connectivity index (χ4n) is 1.61. The first-order chi connectivity index (χ1) is 8.74. The van der Waals surface area contributed by atoms with E-state index < -0.39 is 6.29 Å². The van der Waals surface area contributed by atoms with Crippen LogP contribution in [-0.4, -0.2) is 38.5 Å². The van der Waals surface area contributed by atoms with Gasteiger partial charge in [0.05, 0.1) is 18.6 Å². The fraction of sp³-hybridized carbons (Fsp3) is 0.333. The van der Waals surface area contributed by atoms with Crippen LogP contribution in [0.3, 0.4) is 0 Å². The molecule has 2 N–H and O–H groups in total. The summed E-state index contributed by atoms with van der Waals surface area (Å²) in [7, 11) is 1.43. The molecule has 18 heavy (non-hydrogen) atoms. The molecular formula is C12H15N3O3. The second kappa shape index (κ2) is 5.72. The lowest BCUT2D eigenvalue weighted by Gasteiger charge is -2.08. The van der Waals surface area contributed by atoms with Crippen LogP contribution in [0.15, 0.2) is 30.9 Å². The SMILES string of the molecule is COC(O)c1ccnc(-c2cn(CCO)cn2)c1. The Labute approximate surface area is 105 Å². The van der Waals surface area contributed by atoms with Gasteiger partial charge in [0.15, 0.2) is 6.29 Å². The molecule has 6 heteroatoms. The van der Waals surface area contributed by atoms with Crippen molar-refractivity contribution in [2.24, 2.45) is 0 Å². The maximum Gasteiger partial charge on any atom is 0.180 e. The molecule has 2 heterocycles. The summed E-state index contributed by atoms with van der Waals surface area (Å²) in [5, 5.41) is 18.4. The fourth-order valence-corrected chi connectivity index (χ4v) is 1.61. The molecule has 0 saturated heterocycles. The van der Waals surface area contributed by atoms with E-state index in [1.807, 2.05) is 0 Å². The van der Waals surface area contributed by atoms with Crippen LogP contribution in [0.1, 0.15) is 11.9 Å². The van der Waals surface area contributed by atoms with Crippen molar-refractivity contribution in [2.45, 2.75) is 12.8 Å². The summed E-state index contributed by atoms with van der Waals surface area (Å²) in [6, 6.07) is 3.40. The number of ether oxygens (including phenoxy) is 1. The molecule has 0 fully saturated rings. The number of nitrogens with zero attached hydrogens (tertiary/aromatic N) is 3. The Morgan fingerprint density at radius 2 is 2.22 bits per heavy atom. The number of aliphatic hydroxyl groups excluding tert-OH is 2. The van der Waals surface area contributed by atoms with Gasteiger partial charge in [-0.3, -0.25) is 4.98 Å². The zero-order chi connectivity index (χ0) is 13.0. The molecule has 1 unspecified atom stereocenters. The van der Waals surface area contributed by atoms with Gasteiger partial charge in [0.25, 0.3) is 0 Å². The van der Waals surface area contributed by atoms with E-state index in [9.17, 15) is 5.11 Å². The molecule has 0 radical (unpaired) electrons. The van der Waals surface area contributed by atoms with Gasteiger partial charge in [-0.05, 0) is 12.1 Å². The molecule has 96 valence electrons. The number of hydrogen-bond donors (Lipinski definition) is 2. The molecule has 2 aromatic heterocycles. The molecule has 2 aromatic rings. The molecule has 0 aliphatic heterocycles. The summed E-state index contributed by atoms with van der Waals surface area (Å²) >= 11 is 0. The Kier molecular flexibility index (Phi) is 4.03. The summed E-state index contributed by atoms with van der Waals surface area (Å²) in [4.78, 5) is 8.39. The zero-order valence-electron chi connectivity index (χ0n) is 10.0. The van der Waals surface area contributed by atoms with E-state index >= 15 is 0 Å². The average Bonchev–Trinajstić information content (AvgIpc) is 2.87. The number of rotatable bonds is 5. The van der Waals surface area contributed by atoms with Gasteiger partial charge in [-0.1, -0.05) is 0 Å². The first kappa shape index (κ1) is 12.7. The summed E-state index contributed by atoms with van der Waals surface area (Å²) in [6.45, 7) is 0.555. The van der Waals surface area contributed by atoms with Gasteiger partial charge < -0.3 is 19.5 Å². The largest absolute Gasteiger partial charge is 0.395 e. The Morgan fingerprint density at radius 1 is 1.39 bits per heavy atom. The van der Waals surface area contributed by atoms with Crippen molar-refractivity contribution >= 4 is 0 Å². The molecule has 0 saturated carbocycles. The third-order valence-electron chi connectivity index (χ3n) is 2.55. The van der Waals surface area contributed by atoms with Gasteiger partial charge in [0.2, 0.25) is 0 Å². The van der Waals surface area contributed by atoms with Crippen LogP contribution in [-0.2, 0) is 11.3 Å². The molecule has 0 aliphatic carbocycles. The summed E-state index contributed by atoms with van der Waals surface area (Å²) in [5.41, 5.74) is 1.97. The van der Waals surface area contributed by atoms with Gasteiger partial charge >= 0.3 is 0 Å². The zero-order valence-corrected chi connectivity index (χ0v) is 10.0. The van der Waals surface area contributed by atoms with E-state index in [1.165, 1.54) is 7.11 Å². The maximum absolute atomic E-state index is 9.58. The lowest BCUT2D eigenvalue weighted by Crippen LogP contribution is -2.00. The quantitative estimate of drug-likeness (QED) is 0.757. The number of pyridine rings is 1. The van der Waals surface area contributed by atoms with Crippen molar-refractivity contribution in [1.82, 2.24) is 14.5 Å². The van der Waals surface area contributed by atoms with E-state index in [2.05, 4.69) is 9.97 Å². The number of hydrogen-bond acceptors (Lipinski definition) is 5. The molecule has 0 bridgehead atoms. The second-order valence-corrected chi connectivity index (χ2v) is 3.78. The molecule has 1 atom stereocenters. The van der Waals surface area contributed by atoms with Crippen molar-refractivity contribution in [3.63, 3.8) is 0 Å². The molecule has 0 aromatic carbocycles.